The zero-order valence-corrected chi connectivity index (χ0v) is 19.8. The lowest BCUT2D eigenvalue weighted by Crippen LogP contribution is -2.48. The zero-order chi connectivity index (χ0) is 23.8. The van der Waals surface area contributed by atoms with E-state index in [1.54, 1.807) is 19.2 Å². The summed E-state index contributed by atoms with van der Waals surface area (Å²) in [4.78, 5) is 14.4. The standard InChI is InChI=1S/C26H33N3O4/c1-18(2)25-17-33-12-11-29(25)24-10-7-20(21(16-31-3)14-26(30)32-4)13-23(24)28-22-8-5-19(15-27)6-9-22/h5-10,13,18,21,25,28H,11-12,14,16-17H2,1-4H3/t21?,25-/m1/s1. The molecule has 1 N–H and O–H groups in total. The Kier molecular flexibility index (Phi) is 8.70. The molecule has 1 fully saturated rings. The number of nitrogens with one attached hydrogen (secondary N) is 1. The maximum atomic E-state index is 12.0. The number of benzene rings is 2. The van der Waals surface area contributed by atoms with Crippen LogP contribution in [-0.4, -0.2) is 52.6 Å². The second-order valence-electron chi connectivity index (χ2n) is 8.60. The van der Waals surface area contributed by atoms with Crippen molar-refractivity contribution in [1.29, 1.82) is 5.26 Å². The molecular weight excluding hydrogens is 418 g/mol. The van der Waals surface area contributed by atoms with Gasteiger partial charge in [-0.25, -0.2) is 0 Å². The lowest BCUT2D eigenvalue weighted by Gasteiger charge is -2.40. The van der Waals surface area contributed by atoms with Crippen LogP contribution in [-0.2, 0) is 19.0 Å². The van der Waals surface area contributed by atoms with Gasteiger partial charge >= 0.3 is 5.97 Å². The molecule has 0 aliphatic carbocycles. The van der Waals surface area contributed by atoms with Crippen LogP contribution in [0.4, 0.5) is 17.1 Å². The monoisotopic (exact) mass is 451 g/mol. The summed E-state index contributed by atoms with van der Waals surface area (Å²) in [5.74, 6) is 0.0349. The quantitative estimate of drug-likeness (QED) is 0.564. The molecule has 0 spiro atoms. The topological polar surface area (TPSA) is 83.8 Å². The van der Waals surface area contributed by atoms with Crippen LogP contribution < -0.4 is 10.2 Å². The Hall–Kier alpha value is -3.08. The summed E-state index contributed by atoms with van der Waals surface area (Å²) >= 11 is 0. The summed E-state index contributed by atoms with van der Waals surface area (Å²) in [5.41, 5.74) is 4.52. The maximum Gasteiger partial charge on any atom is 0.306 e. The van der Waals surface area contributed by atoms with E-state index in [1.165, 1.54) is 7.11 Å². The van der Waals surface area contributed by atoms with E-state index in [0.29, 0.717) is 31.3 Å². The molecule has 1 heterocycles. The number of methoxy groups -OCH3 is 2. The summed E-state index contributed by atoms with van der Waals surface area (Å²) in [5, 5.41) is 12.7. The third kappa shape index (κ3) is 6.25. The fourth-order valence-corrected chi connectivity index (χ4v) is 4.17. The molecule has 0 amide bonds. The molecule has 7 heteroatoms. The van der Waals surface area contributed by atoms with Gasteiger partial charge in [-0.2, -0.15) is 5.26 Å². The average molecular weight is 452 g/mol. The zero-order valence-electron chi connectivity index (χ0n) is 19.8. The number of hydrogen-bond acceptors (Lipinski definition) is 7. The highest BCUT2D eigenvalue weighted by molar-refractivity contribution is 5.77. The van der Waals surface area contributed by atoms with E-state index in [2.05, 4.69) is 48.3 Å². The highest BCUT2D eigenvalue weighted by Crippen LogP contribution is 2.36. The molecule has 1 unspecified atom stereocenters. The minimum atomic E-state index is -0.268. The molecule has 0 radical (unpaired) electrons. The molecule has 1 aliphatic rings. The predicted molar refractivity (Wildman–Crippen MR) is 129 cm³/mol. The molecule has 33 heavy (non-hydrogen) atoms. The summed E-state index contributed by atoms with van der Waals surface area (Å²) < 4.78 is 16.1. The Morgan fingerprint density at radius 2 is 2.00 bits per heavy atom. The van der Waals surface area contributed by atoms with Crippen LogP contribution in [0.15, 0.2) is 42.5 Å². The van der Waals surface area contributed by atoms with Crippen molar-refractivity contribution in [3.63, 3.8) is 0 Å². The van der Waals surface area contributed by atoms with Crippen molar-refractivity contribution in [2.24, 2.45) is 5.92 Å². The SMILES string of the molecule is COCC(CC(=O)OC)c1ccc(N2CCOC[C@@H]2C(C)C)c(Nc2ccc(C#N)cc2)c1. The highest BCUT2D eigenvalue weighted by atomic mass is 16.5. The maximum absolute atomic E-state index is 12.0. The van der Waals surface area contributed by atoms with Gasteiger partial charge < -0.3 is 24.4 Å². The van der Waals surface area contributed by atoms with Gasteiger partial charge in [-0.05, 0) is 47.9 Å². The molecular formula is C26H33N3O4. The molecule has 2 aromatic rings. The van der Waals surface area contributed by atoms with Crippen molar-refractivity contribution in [2.75, 3.05) is 50.8 Å². The predicted octanol–water partition coefficient (Wildman–Crippen LogP) is 4.46. The fraction of sp³-hybridized carbons (Fsp3) is 0.462. The Bertz CT molecular complexity index is 968. The molecule has 176 valence electrons. The number of ether oxygens (including phenoxy) is 3. The highest BCUT2D eigenvalue weighted by Gasteiger charge is 2.28. The second-order valence-corrected chi connectivity index (χ2v) is 8.60. The lowest BCUT2D eigenvalue weighted by molar-refractivity contribution is -0.141. The van der Waals surface area contributed by atoms with Crippen molar-refractivity contribution in [2.45, 2.75) is 32.2 Å². The van der Waals surface area contributed by atoms with Gasteiger partial charge in [0.05, 0.1) is 62.4 Å². The molecule has 7 nitrogen and oxygen atoms in total. The van der Waals surface area contributed by atoms with Crippen molar-refractivity contribution in [3.05, 3.63) is 53.6 Å². The van der Waals surface area contributed by atoms with Crippen molar-refractivity contribution < 1.29 is 19.0 Å². The third-order valence-electron chi connectivity index (χ3n) is 6.04. The number of morpholine rings is 1. The van der Waals surface area contributed by atoms with Crippen molar-refractivity contribution in [3.8, 4) is 6.07 Å². The Morgan fingerprint density at radius 1 is 1.24 bits per heavy atom. The minimum Gasteiger partial charge on any atom is -0.469 e. The van der Waals surface area contributed by atoms with Crippen molar-refractivity contribution in [1.82, 2.24) is 0 Å². The Balaban J connectivity index is 2.02. The van der Waals surface area contributed by atoms with E-state index in [1.807, 2.05) is 12.1 Å². The first-order valence-electron chi connectivity index (χ1n) is 11.3. The number of esters is 1. The van der Waals surface area contributed by atoms with Crippen LogP contribution in [0.3, 0.4) is 0 Å². The largest absolute Gasteiger partial charge is 0.469 e. The molecule has 2 atom stereocenters. The van der Waals surface area contributed by atoms with E-state index in [4.69, 9.17) is 19.5 Å². The van der Waals surface area contributed by atoms with Gasteiger partial charge in [0, 0.05) is 25.3 Å². The van der Waals surface area contributed by atoms with Crippen molar-refractivity contribution >= 4 is 23.0 Å². The number of rotatable bonds is 9. The summed E-state index contributed by atoms with van der Waals surface area (Å²) in [6, 6.07) is 16.1. The Labute approximate surface area is 196 Å². The third-order valence-corrected chi connectivity index (χ3v) is 6.04. The first-order valence-corrected chi connectivity index (χ1v) is 11.3. The van der Waals surface area contributed by atoms with Gasteiger partial charge in [0.15, 0.2) is 0 Å². The average Bonchev–Trinajstić information content (AvgIpc) is 2.84. The van der Waals surface area contributed by atoms with E-state index < -0.39 is 0 Å². The van der Waals surface area contributed by atoms with Crippen LogP contribution in [0, 0.1) is 17.2 Å². The fourth-order valence-electron chi connectivity index (χ4n) is 4.17. The van der Waals surface area contributed by atoms with E-state index >= 15 is 0 Å². The number of nitriles is 1. The van der Waals surface area contributed by atoms with Gasteiger partial charge in [-0.3, -0.25) is 4.79 Å². The normalized spacial score (nSPS) is 16.8. The second kappa shape index (κ2) is 11.7. The Morgan fingerprint density at radius 3 is 2.64 bits per heavy atom. The molecule has 0 saturated carbocycles. The lowest BCUT2D eigenvalue weighted by atomic mass is 9.94. The summed E-state index contributed by atoms with van der Waals surface area (Å²) in [7, 11) is 3.03. The minimum absolute atomic E-state index is 0.122. The first-order chi connectivity index (χ1) is 16.0. The van der Waals surface area contributed by atoms with Gasteiger partial charge in [0.1, 0.15) is 0 Å². The molecule has 0 aromatic heterocycles. The number of hydrogen-bond donors (Lipinski definition) is 1. The van der Waals surface area contributed by atoms with Gasteiger partial charge in [-0.15, -0.1) is 0 Å². The number of carbonyl (C=O) groups excluding carboxylic acids is 1. The van der Waals surface area contributed by atoms with Gasteiger partial charge in [0.25, 0.3) is 0 Å². The van der Waals surface area contributed by atoms with Gasteiger partial charge in [-0.1, -0.05) is 19.9 Å². The molecule has 1 saturated heterocycles. The summed E-state index contributed by atoms with van der Waals surface area (Å²) in [6.45, 7) is 6.99. The van der Waals surface area contributed by atoms with Crippen LogP contribution in [0.1, 0.15) is 37.3 Å². The van der Waals surface area contributed by atoms with Gasteiger partial charge in [0.2, 0.25) is 0 Å². The number of carbonyl (C=O) groups is 1. The van der Waals surface area contributed by atoms with Crippen LogP contribution in [0.25, 0.3) is 0 Å². The van der Waals surface area contributed by atoms with E-state index in [-0.39, 0.29) is 24.3 Å². The molecule has 0 bridgehead atoms. The molecule has 1 aliphatic heterocycles. The summed E-state index contributed by atoms with van der Waals surface area (Å²) in [6.07, 6.45) is 0.242. The molecule has 3 rings (SSSR count). The van der Waals surface area contributed by atoms with E-state index in [0.717, 1.165) is 29.2 Å². The number of anilines is 3. The molecule has 2 aromatic carbocycles. The first kappa shape index (κ1) is 24.6. The van der Waals surface area contributed by atoms with E-state index in [9.17, 15) is 4.79 Å². The van der Waals surface area contributed by atoms with Crippen LogP contribution >= 0.6 is 0 Å². The van der Waals surface area contributed by atoms with Crippen LogP contribution in [0.5, 0.6) is 0 Å². The smallest absolute Gasteiger partial charge is 0.306 e. The number of nitrogens with zero attached hydrogens (tertiary/aromatic N) is 2. The van der Waals surface area contributed by atoms with Crippen LogP contribution in [0.2, 0.25) is 0 Å².